The van der Waals surface area contributed by atoms with E-state index in [1.165, 1.54) is 32.1 Å². The largest absolute Gasteiger partial charge is 0.497 e. The van der Waals surface area contributed by atoms with Crippen LogP contribution in [0.25, 0.3) is 0 Å². The lowest BCUT2D eigenvalue weighted by Crippen LogP contribution is -2.12. The molecule has 1 aliphatic rings. The Balaban J connectivity index is 1.92. The van der Waals surface area contributed by atoms with Crippen LogP contribution in [0.1, 0.15) is 37.7 Å². The number of hydrogen-bond acceptors (Lipinski definition) is 4. The van der Waals surface area contributed by atoms with Crippen LogP contribution in [0.15, 0.2) is 29.4 Å². The van der Waals surface area contributed by atoms with Crippen molar-refractivity contribution < 1.29 is 9.57 Å². The molecule has 0 N–H and O–H groups in total. The van der Waals surface area contributed by atoms with Gasteiger partial charge in [0.1, 0.15) is 18.4 Å². The first-order valence-electron chi connectivity index (χ1n) is 7.08. The number of nitrogens with zero attached hydrogens (tertiary/aromatic N) is 2. The maximum atomic E-state index is 9.15. The van der Waals surface area contributed by atoms with Crippen molar-refractivity contribution in [3.63, 3.8) is 0 Å². The molecule has 1 aliphatic carbocycles. The highest BCUT2D eigenvalue weighted by molar-refractivity contribution is 6.11. The molecule has 0 aliphatic heterocycles. The number of rotatable bonds is 5. The monoisotopic (exact) mass is 272 g/mol. The Morgan fingerprint density at radius 1 is 1.25 bits per heavy atom. The Morgan fingerprint density at radius 3 is 2.55 bits per heavy atom. The Labute approximate surface area is 120 Å². The summed E-state index contributed by atoms with van der Waals surface area (Å²) in [6.07, 6.45) is 6.30. The average Bonchev–Trinajstić information content (AvgIpc) is 2.53. The minimum atomic E-state index is 0.309. The molecular formula is C16H20N2O2. The van der Waals surface area contributed by atoms with E-state index in [0.717, 1.165) is 11.3 Å². The van der Waals surface area contributed by atoms with Gasteiger partial charge in [-0.25, -0.2) is 0 Å². The molecule has 0 atom stereocenters. The van der Waals surface area contributed by atoms with E-state index in [9.17, 15) is 0 Å². The first kappa shape index (κ1) is 14.4. The van der Waals surface area contributed by atoms with E-state index in [0.29, 0.717) is 18.2 Å². The molecule has 0 aromatic heterocycles. The number of methoxy groups -OCH3 is 1. The van der Waals surface area contributed by atoms with Crippen molar-refractivity contribution in [1.29, 1.82) is 5.26 Å². The second-order valence-electron chi connectivity index (χ2n) is 5.08. The highest BCUT2D eigenvalue weighted by Crippen LogP contribution is 2.23. The Morgan fingerprint density at radius 2 is 1.95 bits per heavy atom. The highest BCUT2D eigenvalue weighted by Gasteiger charge is 2.14. The summed E-state index contributed by atoms with van der Waals surface area (Å²) in [5.41, 5.74) is 1.06. The van der Waals surface area contributed by atoms with Gasteiger partial charge in [0.05, 0.1) is 7.11 Å². The predicted molar refractivity (Wildman–Crippen MR) is 77.7 cm³/mol. The van der Waals surface area contributed by atoms with E-state index >= 15 is 0 Å². The maximum Gasteiger partial charge on any atom is 0.186 e. The molecular weight excluding hydrogens is 252 g/mol. The second kappa shape index (κ2) is 7.54. The van der Waals surface area contributed by atoms with E-state index in [-0.39, 0.29) is 0 Å². The number of hydrogen-bond donors (Lipinski definition) is 0. The summed E-state index contributed by atoms with van der Waals surface area (Å²) in [5, 5.41) is 13.1. The summed E-state index contributed by atoms with van der Waals surface area (Å²) in [4.78, 5) is 5.37. The van der Waals surface area contributed by atoms with Gasteiger partial charge in [-0.3, -0.25) is 0 Å². The van der Waals surface area contributed by atoms with Crippen LogP contribution in [-0.4, -0.2) is 19.4 Å². The number of ether oxygens (including phenoxy) is 1. The van der Waals surface area contributed by atoms with E-state index in [2.05, 4.69) is 11.2 Å². The lowest BCUT2D eigenvalue weighted by Gasteiger charge is -2.19. The van der Waals surface area contributed by atoms with E-state index < -0.39 is 0 Å². The first-order valence-corrected chi connectivity index (χ1v) is 7.08. The van der Waals surface area contributed by atoms with Gasteiger partial charge in [-0.15, -0.1) is 0 Å². The standard InChI is InChI=1S/C16H20N2O2/c1-19-15-9-7-14(8-10-15)16(11-17)18-20-12-13-5-3-2-4-6-13/h7-10,13H,2-6,12H2,1H3/b18-16-. The van der Waals surface area contributed by atoms with Gasteiger partial charge in [-0.05, 0) is 43.0 Å². The summed E-state index contributed by atoms with van der Waals surface area (Å²) in [6, 6.07) is 9.32. The molecule has 2 rings (SSSR count). The SMILES string of the molecule is COc1ccc(/C(C#N)=N\OCC2CCCCC2)cc1. The van der Waals surface area contributed by atoms with Crippen molar-refractivity contribution in [2.45, 2.75) is 32.1 Å². The molecule has 106 valence electrons. The fourth-order valence-corrected chi connectivity index (χ4v) is 2.45. The molecule has 4 nitrogen and oxygen atoms in total. The third kappa shape index (κ3) is 3.99. The Hall–Kier alpha value is -2.02. The van der Waals surface area contributed by atoms with Gasteiger partial charge >= 0.3 is 0 Å². The smallest absolute Gasteiger partial charge is 0.186 e. The Kier molecular flexibility index (Phi) is 5.43. The number of oxime groups is 1. The lowest BCUT2D eigenvalue weighted by molar-refractivity contribution is 0.0921. The zero-order valence-corrected chi connectivity index (χ0v) is 11.8. The van der Waals surface area contributed by atoms with Crippen LogP contribution in [0.5, 0.6) is 5.75 Å². The third-order valence-electron chi connectivity index (χ3n) is 3.66. The van der Waals surface area contributed by atoms with Crippen LogP contribution in [-0.2, 0) is 4.84 Å². The molecule has 0 bridgehead atoms. The van der Waals surface area contributed by atoms with Gasteiger partial charge in [-0.2, -0.15) is 5.26 Å². The fraction of sp³-hybridized carbons (Fsp3) is 0.500. The normalized spacial score (nSPS) is 16.5. The van der Waals surface area contributed by atoms with Crippen molar-refractivity contribution in [2.24, 2.45) is 11.1 Å². The van der Waals surface area contributed by atoms with Gasteiger partial charge in [0.15, 0.2) is 5.71 Å². The minimum Gasteiger partial charge on any atom is -0.497 e. The first-order chi connectivity index (χ1) is 9.83. The van der Waals surface area contributed by atoms with Gasteiger partial charge in [0.2, 0.25) is 0 Å². The van der Waals surface area contributed by atoms with E-state index in [4.69, 9.17) is 14.8 Å². The van der Waals surface area contributed by atoms with Crippen LogP contribution >= 0.6 is 0 Å². The van der Waals surface area contributed by atoms with Crippen molar-refractivity contribution >= 4 is 5.71 Å². The van der Waals surface area contributed by atoms with Crippen LogP contribution in [0.3, 0.4) is 0 Å². The highest BCUT2D eigenvalue weighted by atomic mass is 16.6. The molecule has 0 amide bonds. The van der Waals surface area contributed by atoms with Gasteiger partial charge in [0.25, 0.3) is 0 Å². The molecule has 20 heavy (non-hydrogen) atoms. The molecule has 0 heterocycles. The van der Waals surface area contributed by atoms with E-state index in [1.807, 2.05) is 24.3 Å². The second-order valence-corrected chi connectivity index (χ2v) is 5.08. The van der Waals surface area contributed by atoms with Crippen LogP contribution in [0.2, 0.25) is 0 Å². The van der Waals surface area contributed by atoms with Crippen molar-refractivity contribution in [1.82, 2.24) is 0 Å². The molecule has 1 aromatic carbocycles. The quantitative estimate of drug-likeness (QED) is 0.608. The molecule has 1 fully saturated rings. The van der Waals surface area contributed by atoms with Crippen LogP contribution < -0.4 is 4.74 Å². The zero-order valence-electron chi connectivity index (χ0n) is 11.8. The van der Waals surface area contributed by atoms with Gasteiger partial charge in [-0.1, -0.05) is 24.4 Å². The predicted octanol–water partition coefficient (Wildman–Crippen LogP) is 3.52. The van der Waals surface area contributed by atoms with Crippen molar-refractivity contribution in [3.8, 4) is 11.8 Å². The molecule has 1 saturated carbocycles. The lowest BCUT2D eigenvalue weighted by atomic mass is 9.90. The summed E-state index contributed by atoms with van der Waals surface area (Å²) in [5.74, 6) is 1.34. The summed E-state index contributed by atoms with van der Waals surface area (Å²) in [6.45, 7) is 0.612. The van der Waals surface area contributed by atoms with Crippen molar-refractivity contribution in [3.05, 3.63) is 29.8 Å². The Bertz CT molecular complexity index is 482. The number of benzene rings is 1. The van der Waals surface area contributed by atoms with Crippen LogP contribution in [0.4, 0.5) is 0 Å². The summed E-state index contributed by atoms with van der Waals surface area (Å²) < 4.78 is 5.09. The average molecular weight is 272 g/mol. The third-order valence-corrected chi connectivity index (χ3v) is 3.66. The summed E-state index contributed by atoms with van der Waals surface area (Å²) >= 11 is 0. The zero-order chi connectivity index (χ0) is 14.2. The van der Waals surface area contributed by atoms with E-state index in [1.54, 1.807) is 7.11 Å². The molecule has 0 spiro atoms. The maximum absolute atomic E-state index is 9.15. The summed E-state index contributed by atoms with van der Waals surface area (Å²) in [7, 11) is 1.61. The fourth-order valence-electron chi connectivity index (χ4n) is 2.45. The molecule has 0 saturated heterocycles. The van der Waals surface area contributed by atoms with Crippen molar-refractivity contribution in [2.75, 3.05) is 13.7 Å². The molecule has 1 aromatic rings. The molecule has 4 heteroatoms. The number of nitriles is 1. The van der Waals surface area contributed by atoms with Crippen LogP contribution in [0, 0.1) is 17.2 Å². The molecule has 0 unspecified atom stereocenters. The van der Waals surface area contributed by atoms with Gasteiger partial charge < -0.3 is 9.57 Å². The molecule has 0 radical (unpaired) electrons. The topological polar surface area (TPSA) is 54.6 Å². The van der Waals surface area contributed by atoms with Gasteiger partial charge in [0, 0.05) is 5.56 Å². The minimum absolute atomic E-state index is 0.309.